The van der Waals surface area contributed by atoms with Crippen LogP contribution in [0.4, 0.5) is 5.69 Å². The average Bonchev–Trinajstić information content (AvgIpc) is 3.13. The minimum Gasteiger partial charge on any atom is -0.481 e. The van der Waals surface area contributed by atoms with Crippen molar-refractivity contribution in [2.24, 2.45) is 11.7 Å². The second-order valence-corrected chi connectivity index (χ2v) is 14.6. The lowest BCUT2D eigenvalue weighted by atomic mass is 10.2. The fraction of sp³-hybridized carbons (Fsp3) is 0.297. The third-order valence-electron chi connectivity index (χ3n) is 6.60. The van der Waals surface area contributed by atoms with Crippen LogP contribution >= 0.6 is 7.60 Å². The van der Waals surface area contributed by atoms with Gasteiger partial charge < -0.3 is 19.5 Å². The topological polar surface area (TPSA) is 134 Å². The maximum Gasteiger partial charge on any atom is 0.368 e. The summed E-state index contributed by atoms with van der Waals surface area (Å²) in [6.45, 7) is 8.29. The van der Waals surface area contributed by atoms with E-state index in [9.17, 15) is 18.9 Å². The second kappa shape index (κ2) is 22.5. The van der Waals surface area contributed by atoms with Gasteiger partial charge in [0, 0.05) is 25.2 Å². The highest BCUT2D eigenvalue weighted by atomic mass is 32.2. The Bertz CT molecular complexity index is 1570. The Hall–Kier alpha value is -4.14. The van der Waals surface area contributed by atoms with E-state index in [1.807, 2.05) is 110 Å². The first-order valence-corrected chi connectivity index (χ1v) is 18.5. The fourth-order valence-corrected chi connectivity index (χ4v) is 6.83. The van der Waals surface area contributed by atoms with Gasteiger partial charge >= 0.3 is 7.60 Å². The number of nitrogens with zero attached hydrogens (tertiary/aromatic N) is 2. The van der Waals surface area contributed by atoms with Gasteiger partial charge in [-0.05, 0) is 55.1 Å². The standard InChI is InChI=1S/C22H23O4P.C13H21N3O3S.C2H2/c1-19-12-14-22(15-13-19)24-18-27(23,25-16-20-8-4-2-5-9-20)26-17-21-10-6-3-7-11-21;1-11(2)10-15(8-4-7-14)20(19)13-6-3-5-12(9-13)16(17)18;1-2/h2-15H,16-18H2,1H3;3,5-6,9,11H,4,7-8,10,14H2,1-2H3;1-2H. The highest BCUT2D eigenvalue weighted by Crippen LogP contribution is 2.49. The first kappa shape index (κ1) is 41.0. The van der Waals surface area contributed by atoms with E-state index in [0.29, 0.717) is 36.2 Å². The molecule has 0 amide bonds. The van der Waals surface area contributed by atoms with Crippen molar-refractivity contribution in [2.45, 2.75) is 45.3 Å². The van der Waals surface area contributed by atoms with Crippen LogP contribution in [0.15, 0.2) is 114 Å². The predicted octanol–water partition coefficient (Wildman–Crippen LogP) is 8.13. The number of benzene rings is 4. The van der Waals surface area contributed by atoms with Crippen LogP contribution in [-0.4, -0.2) is 39.4 Å². The number of nitrogens with two attached hydrogens (primary N) is 1. The largest absolute Gasteiger partial charge is 0.481 e. The number of hydrogen-bond acceptors (Lipinski definition) is 8. The molecule has 12 heteroatoms. The van der Waals surface area contributed by atoms with Crippen molar-refractivity contribution in [1.82, 2.24) is 4.31 Å². The minimum absolute atomic E-state index is 0.0424. The Labute approximate surface area is 292 Å². The fourth-order valence-electron chi connectivity index (χ4n) is 4.17. The molecule has 0 fully saturated rings. The van der Waals surface area contributed by atoms with Crippen LogP contribution in [0.3, 0.4) is 0 Å². The molecule has 10 nitrogen and oxygen atoms in total. The zero-order chi connectivity index (χ0) is 36.1. The summed E-state index contributed by atoms with van der Waals surface area (Å²) in [7, 11) is -4.85. The smallest absolute Gasteiger partial charge is 0.368 e. The normalized spacial score (nSPS) is 11.5. The van der Waals surface area contributed by atoms with Crippen molar-refractivity contribution in [1.29, 1.82) is 0 Å². The monoisotopic (exact) mass is 707 g/mol. The molecule has 262 valence electrons. The number of nitro groups is 1. The molecule has 49 heavy (non-hydrogen) atoms. The van der Waals surface area contributed by atoms with Crippen molar-refractivity contribution in [3.8, 4) is 18.6 Å². The quantitative estimate of drug-likeness (QED) is 0.0503. The molecule has 1 unspecified atom stereocenters. The molecule has 0 saturated carbocycles. The summed E-state index contributed by atoms with van der Waals surface area (Å²) in [5, 5.41) is 10.8. The molecule has 4 aromatic rings. The van der Waals surface area contributed by atoms with Gasteiger partial charge in [0.05, 0.1) is 23.0 Å². The van der Waals surface area contributed by atoms with Crippen LogP contribution in [0.25, 0.3) is 0 Å². The van der Waals surface area contributed by atoms with Crippen LogP contribution in [-0.2, 0) is 37.8 Å². The van der Waals surface area contributed by atoms with Crippen LogP contribution in [0.5, 0.6) is 5.75 Å². The Morgan fingerprint density at radius 2 is 1.43 bits per heavy atom. The van der Waals surface area contributed by atoms with Gasteiger partial charge in [0.25, 0.3) is 5.69 Å². The Morgan fingerprint density at radius 3 is 1.92 bits per heavy atom. The summed E-state index contributed by atoms with van der Waals surface area (Å²) in [6, 6.07) is 32.7. The maximum atomic E-state index is 13.2. The van der Waals surface area contributed by atoms with Crippen molar-refractivity contribution in [2.75, 3.05) is 26.0 Å². The van der Waals surface area contributed by atoms with Gasteiger partial charge in [0.1, 0.15) is 16.7 Å². The molecule has 0 aliphatic carbocycles. The minimum atomic E-state index is -3.45. The second-order valence-electron chi connectivity index (χ2n) is 11.1. The Balaban J connectivity index is 0.000000338. The molecular weight excluding hydrogens is 661 g/mol. The predicted molar refractivity (Wildman–Crippen MR) is 196 cm³/mol. The van der Waals surface area contributed by atoms with E-state index in [-0.39, 0.29) is 25.2 Å². The number of hydrogen-bond donors (Lipinski definition) is 1. The number of aryl methyl sites for hydroxylation is 1. The van der Waals surface area contributed by atoms with Crippen molar-refractivity contribution in [3.63, 3.8) is 0 Å². The summed E-state index contributed by atoms with van der Waals surface area (Å²) in [4.78, 5) is 10.7. The van der Waals surface area contributed by atoms with Gasteiger partial charge in [0.15, 0.2) is 6.35 Å². The van der Waals surface area contributed by atoms with E-state index in [1.165, 1.54) is 12.1 Å². The van der Waals surface area contributed by atoms with Crippen molar-refractivity contribution in [3.05, 3.63) is 136 Å². The molecular formula is C37H46N3O7PS. The third-order valence-corrected chi connectivity index (χ3v) is 9.54. The summed E-state index contributed by atoms with van der Waals surface area (Å²) in [5.74, 6) is 0.989. The first-order valence-electron chi connectivity index (χ1n) is 15.7. The van der Waals surface area contributed by atoms with E-state index in [1.54, 1.807) is 12.1 Å². The van der Waals surface area contributed by atoms with Gasteiger partial charge in [-0.2, -0.15) is 0 Å². The van der Waals surface area contributed by atoms with Gasteiger partial charge in [0.2, 0.25) is 0 Å². The molecule has 2 N–H and O–H groups in total. The first-order chi connectivity index (χ1) is 23.6. The van der Waals surface area contributed by atoms with Gasteiger partial charge in [-0.15, -0.1) is 12.8 Å². The van der Waals surface area contributed by atoms with Crippen molar-refractivity contribution < 1.29 is 27.5 Å². The zero-order valence-corrected chi connectivity index (χ0v) is 30.0. The third kappa shape index (κ3) is 15.7. The van der Waals surface area contributed by atoms with E-state index in [4.69, 9.17) is 19.5 Å². The number of terminal acetylenes is 1. The molecule has 0 spiro atoms. The van der Waals surface area contributed by atoms with E-state index >= 15 is 0 Å². The molecule has 1 atom stereocenters. The number of nitro benzene ring substituents is 1. The summed E-state index contributed by atoms with van der Waals surface area (Å²) in [5.41, 5.74) is 8.44. The molecule has 4 aromatic carbocycles. The van der Waals surface area contributed by atoms with Crippen LogP contribution in [0, 0.1) is 35.8 Å². The molecule has 0 aliphatic heterocycles. The summed E-state index contributed by atoms with van der Waals surface area (Å²) in [6.07, 6.45) is 8.60. The highest BCUT2D eigenvalue weighted by Gasteiger charge is 2.26. The summed E-state index contributed by atoms with van der Waals surface area (Å²) >= 11 is 0. The van der Waals surface area contributed by atoms with Crippen LogP contribution < -0.4 is 10.5 Å². The lowest BCUT2D eigenvalue weighted by Gasteiger charge is -2.22. The summed E-state index contributed by atoms with van der Waals surface area (Å²) < 4.78 is 44.7. The van der Waals surface area contributed by atoms with Gasteiger partial charge in [-0.25, -0.2) is 8.51 Å². The molecule has 0 heterocycles. The molecule has 0 bridgehead atoms. The molecule has 0 radical (unpaired) electrons. The van der Waals surface area contributed by atoms with Gasteiger partial charge in [-0.3, -0.25) is 14.7 Å². The van der Waals surface area contributed by atoms with Crippen LogP contribution in [0.1, 0.15) is 37.0 Å². The SMILES string of the molecule is C#C.CC(C)CN(CCCN)S(=O)c1cccc([N+](=O)[O-])c1.Cc1ccc(OCP(=O)(OCc2ccccc2)OCc2ccccc2)cc1. The Kier molecular flexibility index (Phi) is 18.8. The van der Waals surface area contributed by atoms with E-state index in [2.05, 4.69) is 12.8 Å². The number of non-ortho nitro benzene ring substituents is 1. The van der Waals surface area contributed by atoms with E-state index < -0.39 is 23.5 Å². The molecule has 4 rings (SSSR count). The molecule has 0 saturated heterocycles. The molecule has 0 aliphatic rings. The lowest BCUT2D eigenvalue weighted by Crippen LogP contribution is -2.32. The van der Waals surface area contributed by atoms with Crippen molar-refractivity contribution >= 4 is 24.3 Å². The highest BCUT2D eigenvalue weighted by molar-refractivity contribution is 7.82. The van der Waals surface area contributed by atoms with E-state index in [0.717, 1.165) is 23.1 Å². The Morgan fingerprint density at radius 1 is 0.878 bits per heavy atom. The lowest BCUT2D eigenvalue weighted by molar-refractivity contribution is -0.385. The molecule has 0 aromatic heterocycles. The zero-order valence-electron chi connectivity index (χ0n) is 28.3. The maximum absolute atomic E-state index is 13.2. The number of rotatable bonds is 17. The van der Waals surface area contributed by atoms with Gasteiger partial charge in [-0.1, -0.05) is 98.3 Å². The average molecular weight is 708 g/mol. The van der Waals surface area contributed by atoms with Crippen LogP contribution in [0.2, 0.25) is 0 Å². The number of ether oxygens (including phenoxy) is 1.